The third-order valence-corrected chi connectivity index (χ3v) is 4.78. The van der Waals surface area contributed by atoms with E-state index >= 15 is 0 Å². The van der Waals surface area contributed by atoms with Crippen molar-refractivity contribution in [1.29, 1.82) is 0 Å². The Hall–Kier alpha value is -0.160. The highest BCUT2D eigenvalue weighted by atomic mass is 17.3. The first-order chi connectivity index (χ1) is 13.4. The molecule has 0 spiro atoms. The van der Waals surface area contributed by atoms with Gasteiger partial charge in [0.25, 0.3) is 0 Å². The van der Waals surface area contributed by atoms with Crippen molar-refractivity contribution in [3.63, 3.8) is 0 Å². The molecule has 0 aromatic heterocycles. The zero-order valence-corrected chi connectivity index (χ0v) is 22.5. The molecule has 0 unspecified atom stereocenters. The van der Waals surface area contributed by atoms with Gasteiger partial charge in [-0.05, 0) is 64.7 Å². The lowest BCUT2D eigenvalue weighted by atomic mass is 9.84. The van der Waals surface area contributed by atoms with E-state index in [1.165, 1.54) is 32.1 Å². The summed E-state index contributed by atoms with van der Waals surface area (Å²) >= 11 is 0. The molecule has 0 aliphatic rings. The van der Waals surface area contributed by atoms with Crippen LogP contribution in [0.2, 0.25) is 0 Å². The Morgan fingerprint density at radius 3 is 1.20 bits per heavy atom. The van der Waals surface area contributed by atoms with E-state index in [1.54, 1.807) is 0 Å². The van der Waals surface area contributed by atoms with Crippen molar-refractivity contribution < 1.29 is 19.6 Å². The summed E-state index contributed by atoms with van der Waals surface area (Å²) in [5, 5.41) is 0. The summed E-state index contributed by atoms with van der Waals surface area (Å²) in [6.45, 7) is 25.7. The molecule has 0 radical (unpaired) electrons. The largest absolute Gasteiger partial charge is 0.231 e. The van der Waals surface area contributed by atoms with Gasteiger partial charge in [0, 0.05) is 6.42 Å². The van der Waals surface area contributed by atoms with Crippen LogP contribution >= 0.6 is 0 Å². The molecule has 182 valence electrons. The van der Waals surface area contributed by atoms with Gasteiger partial charge in [-0.2, -0.15) is 9.78 Å². The predicted octanol–water partition coefficient (Wildman–Crippen LogP) is 8.78. The second-order valence-electron chi connectivity index (χ2n) is 13.0. The van der Waals surface area contributed by atoms with Gasteiger partial charge in [0.05, 0.1) is 11.2 Å². The lowest BCUT2D eigenvalue weighted by Gasteiger charge is -2.37. The Bertz CT molecular complexity index is 423. The van der Waals surface area contributed by atoms with Crippen molar-refractivity contribution in [2.45, 2.75) is 158 Å². The summed E-state index contributed by atoms with van der Waals surface area (Å²) in [5.41, 5.74) is -0.529. The van der Waals surface area contributed by atoms with Gasteiger partial charge in [-0.25, -0.2) is 9.78 Å². The molecular weight excluding hydrogens is 376 g/mol. The summed E-state index contributed by atoms with van der Waals surface area (Å²) < 4.78 is 0. The molecule has 0 aromatic rings. The van der Waals surface area contributed by atoms with Crippen LogP contribution < -0.4 is 0 Å². The zero-order chi connectivity index (χ0) is 23.7. The van der Waals surface area contributed by atoms with Crippen molar-refractivity contribution in [2.24, 2.45) is 10.8 Å². The molecule has 0 rings (SSSR count). The van der Waals surface area contributed by atoms with Crippen LogP contribution in [0.15, 0.2) is 0 Å². The maximum Gasteiger partial charge on any atom is 0.231 e. The molecular formula is C26H54O4. The fraction of sp³-hybridized carbons (Fsp3) is 1.00. The topological polar surface area (TPSA) is 36.9 Å². The van der Waals surface area contributed by atoms with Gasteiger partial charge < -0.3 is 0 Å². The Labute approximate surface area is 188 Å². The third-order valence-electron chi connectivity index (χ3n) is 4.78. The van der Waals surface area contributed by atoms with Crippen LogP contribution in [-0.4, -0.2) is 17.0 Å². The van der Waals surface area contributed by atoms with Crippen LogP contribution in [0, 0.1) is 10.8 Å². The van der Waals surface area contributed by atoms with E-state index in [4.69, 9.17) is 19.6 Å². The molecule has 0 fully saturated rings. The highest BCUT2D eigenvalue weighted by Crippen LogP contribution is 2.35. The fourth-order valence-corrected chi connectivity index (χ4v) is 4.34. The molecule has 0 N–H and O–H groups in total. The van der Waals surface area contributed by atoms with E-state index in [-0.39, 0.29) is 10.8 Å². The van der Waals surface area contributed by atoms with Crippen LogP contribution in [0.4, 0.5) is 0 Å². The Morgan fingerprint density at radius 1 is 0.467 bits per heavy atom. The molecule has 4 heteroatoms. The van der Waals surface area contributed by atoms with E-state index in [0.717, 1.165) is 25.7 Å². The first kappa shape index (κ1) is 29.8. The predicted molar refractivity (Wildman–Crippen MR) is 127 cm³/mol. The average molecular weight is 431 g/mol. The smallest absolute Gasteiger partial charge is 0.228 e. The second kappa shape index (κ2) is 12.2. The van der Waals surface area contributed by atoms with Crippen LogP contribution in [0.1, 0.15) is 141 Å². The van der Waals surface area contributed by atoms with Gasteiger partial charge in [0.1, 0.15) is 0 Å². The summed E-state index contributed by atoms with van der Waals surface area (Å²) in [4.78, 5) is 23.7. The molecule has 0 saturated carbocycles. The lowest BCUT2D eigenvalue weighted by Crippen LogP contribution is -2.41. The van der Waals surface area contributed by atoms with E-state index in [0.29, 0.717) is 0 Å². The van der Waals surface area contributed by atoms with E-state index in [1.807, 2.05) is 6.92 Å². The van der Waals surface area contributed by atoms with Crippen LogP contribution in [0.5, 0.6) is 0 Å². The molecule has 0 bridgehead atoms. The summed E-state index contributed by atoms with van der Waals surface area (Å²) in [7, 11) is 0. The molecule has 30 heavy (non-hydrogen) atoms. The normalized spacial score (nSPS) is 14.4. The van der Waals surface area contributed by atoms with Crippen LogP contribution in [0.25, 0.3) is 0 Å². The molecule has 0 aliphatic carbocycles. The van der Waals surface area contributed by atoms with Crippen molar-refractivity contribution in [3.05, 3.63) is 0 Å². The van der Waals surface area contributed by atoms with E-state index in [2.05, 4.69) is 76.2 Å². The van der Waals surface area contributed by atoms with E-state index in [9.17, 15) is 0 Å². The minimum atomic E-state index is -0.935. The van der Waals surface area contributed by atoms with Crippen molar-refractivity contribution in [3.8, 4) is 0 Å². The van der Waals surface area contributed by atoms with Gasteiger partial charge in [-0.15, -0.1) is 0 Å². The average Bonchev–Trinajstić information content (AvgIpc) is 2.51. The first-order valence-electron chi connectivity index (χ1n) is 12.1. The fourth-order valence-electron chi connectivity index (χ4n) is 4.34. The summed E-state index contributed by atoms with van der Waals surface area (Å²) in [6.07, 6.45) is 9.78. The number of hydrogen-bond acceptors (Lipinski definition) is 4. The van der Waals surface area contributed by atoms with Crippen molar-refractivity contribution >= 4 is 0 Å². The van der Waals surface area contributed by atoms with Crippen molar-refractivity contribution in [1.82, 2.24) is 0 Å². The Kier molecular flexibility index (Phi) is 12.1. The van der Waals surface area contributed by atoms with Crippen molar-refractivity contribution in [2.75, 3.05) is 0 Å². The molecule has 0 aromatic carbocycles. The third kappa shape index (κ3) is 16.5. The highest BCUT2D eigenvalue weighted by Gasteiger charge is 2.37. The standard InChI is InChI=1S/C26H54O4/c1-13-14-15-16-17-18-19-26(12,29-27-24(8,9)20-22(2,3)4)30-28-25(10,11)21-23(5,6)7/h13-21H2,1-12H3. The van der Waals surface area contributed by atoms with Gasteiger partial charge in [-0.1, -0.05) is 80.6 Å². The SMILES string of the molecule is CCCCCCCCC(C)(OOC(C)(C)CC(C)(C)C)OOC(C)(C)CC(C)(C)C. The summed E-state index contributed by atoms with van der Waals surface area (Å²) in [6, 6.07) is 0. The number of unbranched alkanes of at least 4 members (excludes halogenated alkanes) is 5. The van der Waals surface area contributed by atoms with Gasteiger partial charge in [0.2, 0.25) is 5.79 Å². The molecule has 0 heterocycles. The minimum absolute atomic E-state index is 0.147. The molecule has 4 nitrogen and oxygen atoms in total. The maximum atomic E-state index is 5.95. The minimum Gasteiger partial charge on any atom is -0.228 e. The Morgan fingerprint density at radius 2 is 0.833 bits per heavy atom. The Balaban J connectivity index is 4.98. The zero-order valence-electron chi connectivity index (χ0n) is 22.5. The second-order valence-corrected chi connectivity index (χ2v) is 13.0. The van der Waals surface area contributed by atoms with E-state index < -0.39 is 17.0 Å². The van der Waals surface area contributed by atoms with Gasteiger partial charge in [0.15, 0.2) is 0 Å². The monoisotopic (exact) mass is 430 g/mol. The number of hydrogen-bond donors (Lipinski definition) is 0. The maximum absolute atomic E-state index is 5.95. The van der Waals surface area contributed by atoms with Crippen LogP contribution in [0.3, 0.4) is 0 Å². The van der Waals surface area contributed by atoms with Crippen LogP contribution in [-0.2, 0) is 19.6 Å². The first-order valence-corrected chi connectivity index (χ1v) is 12.1. The molecule has 0 saturated heterocycles. The molecule has 0 atom stereocenters. The molecule has 0 aliphatic heterocycles. The summed E-state index contributed by atoms with van der Waals surface area (Å²) in [5.74, 6) is -0.935. The van der Waals surface area contributed by atoms with Gasteiger partial charge >= 0.3 is 0 Å². The van der Waals surface area contributed by atoms with Gasteiger partial charge in [-0.3, -0.25) is 0 Å². The highest BCUT2D eigenvalue weighted by molar-refractivity contribution is 4.77. The lowest BCUT2D eigenvalue weighted by molar-refractivity contribution is -0.541. The number of rotatable bonds is 15. The quantitative estimate of drug-likeness (QED) is 0.113. The molecule has 0 amide bonds.